The lowest BCUT2D eigenvalue weighted by Crippen LogP contribution is -2.48. The van der Waals surface area contributed by atoms with Crippen LogP contribution in [0.15, 0.2) is 42.6 Å². The predicted molar refractivity (Wildman–Crippen MR) is 128 cm³/mol. The van der Waals surface area contributed by atoms with Gasteiger partial charge in [-0.25, -0.2) is 4.39 Å². The van der Waals surface area contributed by atoms with E-state index in [0.29, 0.717) is 35.8 Å². The van der Waals surface area contributed by atoms with E-state index in [1.807, 2.05) is 24.3 Å². The largest absolute Gasteiger partial charge is 0.507 e. The highest BCUT2D eigenvalue weighted by Crippen LogP contribution is 2.34. The topological polar surface area (TPSA) is 87.5 Å². The second kappa shape index (κ2) is 9.89. The first-order valence-electron chi connectivity index (χ1n) is 11.8. The number of halogens is 1. The van der Waals surface area contributed by atoms with Crippen molar-refractivity contribution in [3.05, 3.63) is 42.6 Å². The molecule has 2 fully saturated rings. The molecule has 1 atom stereocenters. The van der Waals surface area contributed by atoms with Gasteiger partial charge in [0, 0.05) is 48.9 Å². The van der Waals surface area contributed by atoms with Gasteiger partial charge in [0.2, 0.25) is 5.88 Å². The van der Waals surface area contributed by atoms with Crippen LogP contribution in [0.2, 0.25) is 0 Å². The lowest BCUT2D eigenvalue weighted by Gasteiger charge is -2.40. The summed E-state index contributed by atoms with van der Waals surface area (Å²) in [6.45, 7) is 1.95. The number of aromatic nitrogens is 4. The van der Waals surface area contributed by atoms with Gasteiger partial charge in [-0.1, -0.05) is 12.5 Å². The van der Waals surface area contributed by atoms with E-state index < -0.39 is 0 Å². The third-order valence-corrected chi connectivity index (χ3v) is 6.94. The van der Waals surface area contributed by atoms with Crippen molar-refractivity contribution >= 4 is 5.82 Å². The van der Waals surface area contributed by atoms with Crippen molar-refractivity contribution in [1.29, 1.82) is 0 Å². The molecule has 0 spiro atoms. The standard InChI is InChI=1S/C25H29FN6O2/c1-34-25-14-18(15-27-30-25)17-5-6-21(23(33)13-17)22-7-8-24(29-28-22)31-11-9-20(16-31)32(12-10-26)19-3-2-4-19/h5-8,13-15,19-20,33H,2-4,9-12,16H2,1H3/t20-/m0/s1. The van der Waals surface area contributed by atoms with Crippen LogP contribution in [0.25, 0.3) is 22.4 Å². The molecule has 0 amide bonds. The maximum atomic E-state index is 13.1. The van der Waals surface area contributed by atoms with E-state index in [4.69, 9.17) is 4.74 Å². The highest BCUT2D eigenvalue weighted by Gasteiger charge is 2.34. The summed E-state index contributed by atoms with van der Waals surface area (Å²) >= 11 is 0. The number of hydrogen-bond acceptors (Lipinski definition) is 8. The van der Waals surface area contributed by atoms with Gasteiger partial charge in [-0.15, -0.1) is 15.3 Å². The Kier molecular flexibility index (Phi) is 6.53. The van der Waals surface area contributed by atoms with Gasteiger partial charge in [-0.05, 0) is 49.1 Å². The first kappa shape index (κ1) is 22.5. The zero-order chi connectivity index (χ0) is 23.5. The zero-order valence-corrected chi connectivity index (χ0v) is 19.3. The molecule has 1 aromatic carbocycles. The fraction of sp³-hybridized carbons (Fsp3) is 0.440. The van der Waals surface area contributed by atoms with E-state index >= 15 is 0 Å². The van der Waals surface area contributed by atoms with E-state index in [9.17, 15) is 9.50 Å². The minimum atomic E-state index is -0.297. The van der Waals surface area contributed by atoms with Gasteiger partial charge in [0.05, 0.1) is 19.0 Å². The summed E-state index contributed by atoms with van der Waals surface area (Å²) in [4.78, 5) is 4.58. The van der Waals surface area contributed by atoms with Gasteiger partial charge < -0.3 is 14.7 Å². The number of nitrogens with zero attached hydrogens (tertiary/aromatic N) is 6. The smallest absolute Gasteiger partial charge is 0.233 e. The summed E-state index contributed by atoms with van der Waals surface area (Å²) in [6.07, 6.45) is 6.24. The quantitative estimate of drug-likeness (QED) is 0.540. The molecule has 1 aliphatic carbocycles. The molecule has 3 aromatic rings. The molecular formula is C25H29FN6O2. The molecule has 3 heterocycles. The normalized spacial score (nSPS) is 18.3. The highest BCUT2D eigenvalue weighted by molar-refractivity contribution is 5.74. The summed E-state index contributed by atoms with van der Waals surface area (Å²) in [7, 11) is 1.54. The number of phenolic OH excluding ortho intramolecular Hbond substituents is 1. The molecule has 0 unspecified atom stereocenters. The highest BCUT2D eigenvalue weighted by atomic mass is 19.1. The van der Waals surface area contributed by atoms with E-state index in [1.165, 1.54) is 26.4 Å². The summed E-state index contributed by atoms with van der Waals surface area (Å²) in [5, 5.41) is 27.3. The SMILES string of the molecule is COc1cc(-c2ccc(-c3ccc(N4CC[C@H](N(CCF)C5CCC5)C4)nn3)c(O)c2)cnn1. The number of rotatable bonds is 8. The first-order chi connectivity index (χ1) is 16.7. The molecule has 2 aliphatic rings. The van der Waals surface area contributed by atoms with E-state index in [0.717, 1.165) is 36.5 Å². The van der Waals surface area contributed by atoms with Crippen molar-refractivity contribution in [3.8, 4) is 34.0 Å². The lowest BCUT2D eigenvalue weighted by molar-refractivity contribution is 0.0807. The maximum Gasteiger partial charge on any atom is 0.233 e. The van der Waals surface area contributed by atoms with Crippen molar-refractivity contribution in [2.45, 2.75) is 37.8 Å². The molecule has 1 saturated carbocycles. The van der Waals surface area contributed by atoms with Gasteiger partial charge in [-0.2, -0.15) is 5.10 Å². The number of benzene rings is 1. The minimum Gasteiger partial charge on any atom is -0.507 e. The van der Waals surface area contributed by atoms with E-state index in [2.05, 4.69) is 30.2 Å². The number of anilines is 1. The Labute approximate surface area is 198 Å². The van der Waals surface area contributed by atoms with Gasteiger partial charge in [0.15, 0.2) is 5.82 Å². The van der Waals surface area contributed by atoms with Crippen LogP contribution in [0.4, 0.5) is 10.2 Å². The Balaban J connectivity index is 1.28. The fourth-order valence-electron chi connectivity index (χ4n) is 4.87. The van der Waals surface area contributed by atoms with Gasteiger partial charge in [0.1, 0.15) is 12.4 Å². The van der Waals surface area contributed by atoms with Gasteiger partial charge >= 0.3 is 0 Å². The van der Waals surface area contributed by atoms with Crippen molar-refractivity contribution in [3.63, 3.8) is 0 Å². The summed E-state index contributed by atoms with van der Waals surface area (Å²) in [6, 6.07) is 11.9. The Hall–Kier alpha value is -3.33. The van der Waals surface area contributed by atoms with Crippen molar-refractivity contribution in [2.75, 3.05) is 38.3 Å². The number of ether oxygens (including phenoxy) is 1. The minimum absolute atomic E-state index is 0.110. The molecule has 0 radical (unpaired) electrons. The van der Waals surface area contributed by atoms with Crippen LogP contribution in [0.1, 0.15) is 25.7 Å². The Morgan fingerprint density at radius 1 is 1.06 bits per heavy atom. The van der Waals surface area contributed by atoms with E-state index in [1.54, 1.807) is 18.3 Å². The second-order valence-electron chi connectivity index (χ2n) is 8.90. The molecule has 1 N–H and O–H groups in total. The van der Waals surface area contributed by atoms with Crippen LogP contribution in [-0.4, -0.2) is 75.9 Å². The van der Waals surface area contributed by atoms with Crippen molar-refractivity contribution in [2.24, 2.45) is 0 Å². The zero-order valence-electron chi connectivity index (χ0n) is 19.3. The summed E-state index contributed by atoms with van der Waals surface area (Å²) in [5.41, 5.74) is 2.80. The third kappa shape index (κ3) is 4.52. The van der Waals surface area contributed by atoms with E-state index in [-0.39, 0.29) is 12.4 Å². The van der Waals surface area contributed by atoms with Crippen molar-refractivity contribution in [1.82, 2.24) is 25.3 Å². The Morgan fingerprint density at radius 3 is 2.62 bits per heavy atom. The average Bonchev–Trinajstić information content (AvgIpc) is 3.33. The number of phenols is 1. The van der Waals surface area contributed by atoms with Gasteiger partial charge in [-0.3, -0.25) is 4.90 Å². The first-order valence-corrected chi connectivity index (χ1v) is 11.8. The fourth-order valence-corrected chi connectivity index (χ4v) is 4.87. The third-order valence-electron chi connectivity index (χ3n) is 6.94. The van der Waals surface area contributed by atoms with Gasteiger partial charge in [0.25, 0.3) is 0 Å². The average molecular weight is 465 g/mol. The molecule has 5 rings (SSSR count). The Morgan fingerprint density at radius 2 is 1.94 bits per heavy atom. The van der Waals surface area contributed by atoms with Crippen molar-refractivity contribution < 1.29 is 14.2 Å². The summed E-state index contributed by atoms with van der Waals surface area (Å²) in [5.74, 6) is 1.33. The number of alkyl halides is 1. The number of methoxy groups -OCH3 is 1. The molecule has 34 heavy (non-hydrogen) atoms. The van der Waals surface area contributed by atoms with Crippen LogP contribution >= 0.6 is 0 Å². The molecule has 178 valence electrons. The number of aromatic hydroxyl groups is 1. The second-order valence-corrected chi connectivity index (χ2v) is 8.90. The lowest BCUT2D eigenvalue weighted by atomic mass is 9.90. The molecule has 0 bridgehead atoms. The Bertz CT molecular complexity index is 1120. The maximum absolute atomic E-state index is 13.1. The molecule has 2 aromatic heterocycles. The van der Waals surface area contributed by atoms with Crippen LogP contribution in [0.3, 0.4) is 0 Å². The van der Waals surface area contributed by atoms with Crippen LogP contribution in [0, 0.1) is 0 Å². The monoisotopic (exact) mass is 464 g/mol. The van der Waals surface area contributed by atoms with Crippen LogP contribution in [0.5, 0.6) is 11.6 Å². The predicted octanol–water partition coefficient (Wildman–Crippen LogP) is 3.72. The summed E-state index contributed by atoms with van der Waals surface area (Å²) < 4.78 is 18.2. The molecule has 1 saturated heterocycles. The van der Waals surface area contributed by atoms with Crippen LogP contribution in [-0.2, 0) is 0 Å². The number of hydrogen-bond donors (Lipinski definition) is 1. The van der Waals surface area contributed by atoms with Crippen LogP contribution < -0.4 is 9.64 Å². The molecule has 8 nitrogen and oxygen atoms in total. The molecule has 1 aliphatic heterocycles. The molecular weight excluding hydrogens is 435 g/mol. The molecule has 9 heteroatoms.